The molecule has 0 bridgehead atoms. The average Bonchev–Trinajstić information content (AvgIpc) is 2.93. The van der Waals surface area contributed by atoms with Crippen LogP contribution in [0.25, 0.3) is 0 Å². The average molecular weight is 270 g/mol. The van der Waals surface area contributed by atoms with Crippen LogP contribution in [0, 0.1) is 0 Å². The number of hydrogen-bond donors (Lipinski definition) is 0. The molecule has 1 aromatic carbocycles. The van der Waals surface area contributed by atoms with Gasteiger partial charge in [0.2, 0.25) is 8.38 Å². The summed E-state index contributed by atoms with van der Waals surface area (Å²) in [5.41, 5.74) is 1.02. The van der Waals surface area contributed by atoms with Crippen molar-refractivity contribution in [3.8, 4) is 0 Å². The largest absolute Gasteiger partial charge is 0.346 e. The van der Waals surface area contributed by atoms with Crippen LogP contribution in [0.3, 0.4) is 0 Å². The van der Waals surface area contributed by atoms with Gasteiger partial charge in [0.05, 0.1) is 26.4 Å². The lowest BCUT2D eigenvalue weighted by Gasteiger charge is -2.17. The molecule has 18 heavy (non-hydrogen) atoms. The van der Waals surface area contributed by atoms with Crippen LogP contribution in [0.5, 0.6) is 0 Å². The van der Waals surface area contributed by atoms with Crippen LogP contribution in [-0.2, 0) is 18.5 Å². The molecule has 4 nitrogen and oxygen atoms in total. The summed E-state index contributed by atoms with van der Waals surface area (Å²) in [7, 11) is -0.998. The van der Waals surface area contributed by atoms with E-state index in [0.717, 1.165) is 10.9 Å². The van der Waals surface area contributed by atoms with Gasteiger partial charge in [-0.1, -0.05) is 12.1 Å². The van der Waals surface area contributed by atoms with Crippen LogP contribution < -0.4 is 5.30 Å². The minimum atomic E-state index is -0.998. The minimum Gasteiger partial charge on any atom is -0.346 e. The molecule has 1 heterocycles. The van der Waals surface area contributed by atoms with E-state index in [0.29, 0.717) is 26.4 Å². The highest BCUT2D eigenvalue weighted by Gasteiger charge is 2.20. The molecule has 0 saturated carbocycles. The van der Waals surface area contributed by atoms with Crippen LogP contribution in [0.1, 0.15) is 25.7 Å². The van der Waals surface area contributed by atoms with Gasteiger partial charge in [0.25, 0.3) is 0 Å². The van der Waals surface area contributed by atoms with E-state index in [4.69, 9.17) is 18.5 Å². The Kier molecular flexibility index (Phi) is 5.54. The molecule has 1 aliphatic rings. The number of hydrogen-bond acceptors (Lipinski definition) is 4. The predicted octanol–water partition coefficient (Wildman–Crippen LogP) is 2.74. The van der Waals surface area contributed by atoms with Crippen molar-refractivity contribution in [2.45, 2.75) is 20.1 Å². The molecule has 0 aliphatic carbocycles. The fourth-order valence-electron chi connectivity index (χ4n) is 1.76. The first-order valence-electron chi connectivity index (χ1n) is 6.24. The zero-order valence-corrected chi connectivity index (χ0v) is 11.7. The molecule has 1 aromatic rings. The molecule has 0 unspecified atom stereocenters. The first-order valence-corrected chi connectivity index (χ1v) is 7.42. The summed E-state index contributed by atoms with van der Waals surface area (Å²) in [6.45, 7) is 6.54. The Labute approximate surface area is 109 Å². The lowest BCUT2D eigenvalue weighted by Crippen LogP contribution is -2.09. The second kappa shape index (κ2) is 7.17. The maximum atomic E-state index is 5.65. The predicted molar refractivity (Wildman–Crippen MR) is 70.9 cm³/mol. The van der Waals surface area contributed by atoms with Crippen LogP contribution >= 0.6 is 8.38 Å². The standard InChI is InChI=1S/C13H19O4P/c1-3-16-18(17-4-2)12-7-5-6-11(10-12)13-14-8-9-15-13/h5-7,10,13H,3-4,8-9H2,1-2H3. The molecule has 0 radical (unpaired) electrons. The van der Waals surface area contributed by atoms with E-state index in [9.17, 15) is 0 Å². The highest BCUT2D eigenvalue weighted by atomic mass is 31.2. The smallest absolute Gasteiger partial charge is 0.205 e. The van der Waals surface area contributed by atoms with E-state index in [1.165, 1.54) is 0 Å². The Morgan fingerprint density at radius 3 is 2.44 bits per heavy atom. The van der Waals surface area contributed by atoms with Gasteiger partial charge in [0.1, 0.15) is 0 Å². The van der Waals surface area contributed by atoms with E-state index in [1.54, 1.807) is 0 Å². The molecule has 5 heteroatoms. The highest BCUT2D eigenvalue weighted by Crippen LogP contribution is 2.37. The second-order valence-electron chi connectivity index (χ2n) is 3.76. The molecular formula is C13H19O4P. The Morgan fingerprint density at radius 1 is 1.17 bits per heavy atom. The number of rotatable bonds is 6. The van der Waals surface area contributed by atoms with E-state index >= 15 is 0 Å². The van der Waals surface area contributed by atoms with Gasteiger partial charge in [-0.05, 0) is 26.0 Å². The van der Waals surface area contributed by atoms with E-state index < -0.39 is 8.38 Å². The van der Waals surface area contributed by atoms with Gasteiger partial charge in [-0.3, -0.25) is 0 Å². The molecule has 0 amide bonds. The first kappa shape index (κ1) is 13.9. The number of benzene rings is 1. The van der Waals surface area contributed by atoms with Gasteiger partial charge in [-0.2, -0.15) is 0 Å². The SMILES string of the molecule is CCOP(OCC)c1cccc(C2OCCO2)c1. The summed E-state index contributed by atoms with van der Waals surface area (Å²) in [6.07, 6.45) is -0.245. The monoisotopic (exact) mass is 270 g/mol. The zero-order chi connectivity index (χ0) is 12.8. The summed E-state index contributed by atoms with van der Waals surface area (Å²) < 4.78 is 22.3. The Hall–Kier alpha value is -0.510. The van der Waals surface area contributed by atoms with Crippen LogP contribution in [0.15, 0.2) is 24.3 Å². The molecule has 1 aliphatic heterocycles. The quantitative estimate of drug-likeness (QED) is 0.745. The summed E-state index contributed by atoms with van der Waals surface area (Å²) >= 11 is 0. The molecule has 0 N–H and O–H groups in total. The zero-order valence-electron chi connectivity index (χ0n) is 10.8. The fourth-order valence-corrected chi connectivity index (χ4v) is 3.06. The Bertz CT molecular complexity index is 360. The van der Waals surface area contributed by atoms with Crippen molar-refractivity contribution in [1.29, 1.82) is 0 Å². The maximum absolute atomic E-state index is 5.65. The van der Waals surface area contributed by atoms with Crippen molar-refractivity contribution >= 4 is 13.7 Å². The third kappa shape index (κ3) is 3.50. The van der Waals surface area contributed by atoms with Gasteiger partial charge in [0.15, 0.2) is 6.29 Å². The van der Waals surface area contributed by atoms with Gasteiger partial charge in [-0.25, -0.2) is 0 Å². The van der Waals surface area contributed by atoms with Crippen molar-refractivity contribution in [2.24, 2.45) is 0 Å². The lowest BCUT2D eigenvalue weighted by atomic mass is 10.2. The fraction of sp³-hybridized carbons (Fsp3) is 0.538. The van der Waals surface area contributed by atoms with Crippen molar-refractivity contribution in [2.75, 3.05) is 26.4 Å². The molecule has 0 spiro atoms. The van der Waals surface area contributed by atoms with E-state index in [-0.39, 0.29) is 6.29 Å². The second-order valence-corrected chi connectivity index (χ2v) is 5.31. The van der Waals surface area contributed by atoms with Gasteiger partial charge >= 0.3 is 0 Å². The minimum absolute atomic E-state index is 0.245. The van der Waals surface area contributed by atoms with E-state index in [1.807, 2.05) is 38.1 Å². The normalized spacial score (nSPS) is 16.6. The third-order valence-electron chi connectivity index (χ3n) is 2.47. The van der Waals surface area contributed by atoms with Gasteiger partial charge in [0, 0.05) is 10.9 Å². The molecule has 1 saturated heterocycles. The van der Waals surface area contributed by atoms with Crippen molar-refractivity contribution < 1.29 is 18.5 Å². The number of ether oxygens (including phenoxy) is 2. The van der Waals surface area contributed by atoms with Crippen LogP contribution in [0.4, 0.5) is 0 Å². The molecule has 0 aromatic heterocycles. The molecule has 1 fully saturated rings. The lowest BCUT2D eigenvalue weighted by molar-refractivity contribution is -0.0440. The van der Waals surface area contributed by atoms with Gasteiger partial charge < -0.3 is 18.5 Å². The van der Waals surface area contributed by atoms with Gasteiger partial charge in [-0.15, -0.1) is 0 Å². The highest BCUT2D eigenvalue weighted by molar-refractivity contribution is 7.56. The molecule has 2 rings (SSSR count). The Morgan fingerprint density at radius 2 is 1.83 bits per heavy atom. The van der Waals surface area contributed by atoms with E-state index in [2.05, 4.69) is 0 Å². The third-order valence-corrected chi connectivity index (χ3v) is 4.15. The molecule has 0 atom stereocenters. The Balaban J connectivity index is 2.13. The summed E-state index contributed by atoms with van der Waals surface area (Å²) in [5.74, 6) is 0. The van der Waals surface area contributed by atoms with Crippen molar-refractivity contribution in [1.82, 2.24) is 0 Å². The topological polar surface area (TPSA) is 36.9 Å². The summed E-state index contributed by atoms with van der Waals surface area (Å²) in [6, 6.07) is 8.07. The first-order chi connectivity index (χ1) is 8.85. The maximum Gasteiger partial charge on any atom is 0.205 e. The van der Waals surface area contributed by atoms with Crippen molar-refractivity contribution in [3.63, 3.8) is 0 Å². The van der Waals surface area contributed by atoms with Crippen molar-refractivity contribution in [3.05, 3.63) is 29.8 Å². The molecular weight excluding hydrogens is 251 g/mol. The van der Waals surface area contributed by atoms with Crippen LogP contribution in [0.2, 0.25) is 0 Å². The van der Waals surface area contributed by atoms with Crippen LogP contribution in [-0.4, -0.2) is 26.4 Å². The summed E-state index contributed by atoms with van der Waals surface area (Å²) in [4.78, 5) is 0. The molecule has 100 valence electrons. The summed E-state index contributed by atoms with van der Waals surface area (Å²) in [5, 5.41) is 1.06.